The lowest BCUT2D eigenvalue weighted by molar-refractivity contribution is -0.139. The largest absolute Gasteiger partial charge is 0.466 e. The second-order valence-electron chi connectivity index (χ2n) is 3.40. The third-order valence-corrected chi connectivity index (χ3v) is 1.52. The van der Waals surface area contributed by atoms with Crippen LogP contribution in [0.25, 0.3) is 0 Å². The number of methoxy groups -OCH3 is 1. The molecule has 0 bridgehead atoms. The first-order valence-corrected chi connectivity index (χ1v) is 5.33. The molecule has 0 saturated carbocycles. The molecule has 0 rings (SSSR count). The van der Waals surface area contributed by atoms with Gasteiger partial charge in [-0.2, -0.15) is 0 Å². The minimum absolute atomic E-state index is 0.0163. The van der Waals surface area contributed by atoms with Crippen molar-refractivity contribution >= 4 is 18.0 Å². The Morgan fingerprint density at radius 1 is 1.17 bits per heavy atom. The van der Waals surface area contributed by atoms with Crippen LogP contribution in [0.3, 0.4) is 0 Å². The molecule has 0 aliphatic carbocycles. The summed E-state index contributed by atoms with van der Waals surface area (Å²) in [5, 5.41) is 2.39. The van der Waals surface area contributed by atoms with E-state index in [2.05, 4.69) is 14.8 Å². The molecule has 102 valence electrons. The quantitative estimate of drug-likeness (QED) is 0.321. The van der Waals surface area contributed by atoms with Gasteiger partial charge in [0.2, 0.25) is 0 Å². The summed E-state index contributed by atoms with van der Waals surface area (Å²) in [5.41, 5.74) is 0. The van der Waals surface area contributed by atoms with Crippen LogP contribution >= 0.6 is 0 Å². The molecule has 0 unspecified atom stereocenters. The highest BCUT2D eigenvalue weighted by atomic mass is 16.6. The van der Waals surface area contributed by atoms with Crippen molar-refractivity contribution < 1.29 is 28.6 Å². The smallest absolute Gasteiger partial charge is 0.407 e. The lowest BCUT2D eigenvalue weighted by Gasteiger charge is -2.09. The normalized spacial score (nSPS) is 10.2. The molecule has 0 heterocycles. The molecular formula is C11H17NO6. The SMILES string of the molecule is COC(=O)/C=C/C(=O)OCCNC(=O)OC(C)C. The van der Waals surface area contributed by atoms with E-state index >= 15 is 0 Å². The fraction of sp³-hybridized carbons (Fsp3) is 0.545. The summed E-state index contributed by atoms with van der Waals surface area (Å²) in [5.74, 6) is -1.34. The first kappa shape index (κ1) is 16.0. The molecule has 0 aromatic carbocycles. The van der Waals surface area contributed by atoms with E-state index in [9.17, 15) is 14.4 Å². The number of carbonyl (C=O) groups is 3. The van der Waals surface area contributed by atoms with Crippen molar-refractivity contribution in [1.29, 1.82) is 0 Å². The number of rotatable bonds is 6. The fourth-order valence-electron chi connectivity index (χ4n) is 0.813. The number of esters is 2. The van der Waals surface area contributed by atoms with Gasteiger partial charge in [0, 0.05) is 12.2 Å². The van der Waals surface area contributed by atoms with Gasteiger partial charge in [-0.1, -0.05) is 0 Å². The zero-order valence-corrected chi connectivity index (χ0v) is 10.6. The number of ether oxygens (including phenoxy) is 3. The molecule has 1 amide bonds. The van der Waals surface area contributed by atoms with Crippen LogP contribution in [0, 0.1) is 0 Å². The van der Waals surface area contributed by atoms with Gasteiger partial charge in [0.15, 0.2) is 0 Å². The van der Waals surface area contributed by atoms with Gasteiger partial charge in [0.05, 0.1) is 19.8 Å². The van der Waals surface area contributed by atoms with Crippen LogP contribution in [0.5, 0.6) is 0 Å². The Morgan fingerprint density at radius 3 is 2.33 bits per heavy atom. The Balaban J connectivity index is 3.66. The Bertz CT molecular complexity index is 323. The van der Waals surface area contributed by atoms with Crippen molar-refractivity contribution in [2.75, 3.05) is 20.3 Å². The van der Waals surface area contributed by atoms with Gasteiger partial charge in [0.1, 0.15) is 6.61 Å². The summed E-state index contributed by atoms with van der Waals surface area (Å²) >= 11 is 0. The van der Waals surface area contributed by atoms with Crippen molar-refractivity contribution in [2.45, 2.75) is 20.0 Å². The molecule has 0 aromatic heterocycles. The number of carbonyl (C=O) groups excluding carboxylic acids is 3. The fourth-order valence-corrected chi connectivity index (χ4v) is 0.813. The van der Waals surface area contributed by atoms with Gasteiger partial charge < -0.3 is 19.5 Å². The molecule has 0 radical (unpaired) electrons. The molecule has 0 aliphatic heterocycles. The van der Waals surface area contributed by atoms with Gasteiger partial charge in [-0.15, -0.1) is 0 Å². The van der Waals surface area contributed by atoms with Gasteiger partial charge in [-0.25, -0.2) is 14.4 Å². The predicted octanol–water partition coefficient (Wildman–Crippen LogP) is 0.393. The molecule has 0 atom stereocenters. The molecule has 0 aliphatic rings. The summed E-state index contributed by atoms with van der Waals surface area (Å²) in [6.45, 7) is 3.55. The van der Waals surface area contributed by atoms with Crippen molar-refractivity contribution in [2.24, 2.45) is 0 Å². The highest BCUT2D eigenvalue weighted by Gasteiger charge is 2.04. The minimum Gasteiger partial charge on any atom is -0.466 e. The Hall–Kier alpha value is -2.05. The number of hydrogen-bond donors (Lipinski definition) is 1. The summed E-state index contributed by atoms with van der Waals surface area (Å²) in [4.78, 5) is 32.7. The lowest BCUT2D eigenvalue weighted by atomic mass is 10.5. The topological polar surface area (TPSA) is 90.9 Å². The Kier molecular flexibility index (Phi) is 8.00. The summed E-state index contributed by atoms with van der Waals surface area (Å²) < 4.78 is 13.8. The van der Waals surface area contributed by atoms with Crippen LogP contribution in [-0.2, 0) is 23.8 Å². The third kappa shape index (κ3) is 9.20. The van der Waals surface area contributed by atoms with E-state index in [4.69, 9.17) is 4.74 Å². The maximum Gasteiger partial charge on any atom is 0.407 e. The van der Waals surface area contributed by atoms with E-state index in [-0.39, 0.29) is 19.3 Å². The monoisotopic (exact) mass is 259 g/mol. The first-order chi connectivity index (χ1) is 8.45. The second-order valence-corrected chi connectivity index (χ2v) is 3.40. The third-order valence-electron chi connectivity index (χ3n) is 1.52. The van der Waals surface area contributed by atoms with Crippen LogP contribution in [0.15, 0.2) is 12.2 Å². The maximum absolute atomic E-state index is 11.0. The summed E-state index contributed by atoms with van der Waals surface area (Å²) in [7, 11) is 1.20. The van der Waals surface area contributed by atoms with Crippen LogP contribution in [0.2, 0.25) is 0 Å². The molecule has 0 spiro atoms. The second kappa shape index (κ2) is 9.03. The van der Waals surface area contributed by atoms with Crippen LogP contribution in [0.1, 0.15) is 13.8 Å². The minimum atomic E-state index is -0.695. The van der Waals surface area contributed by atoms with Crippen LogP contribution in [-0.4, -0.2) is 44.4 Å². The number of nitrogens with one attached hydrogen (secondary N) is 1. The van der Waals surface area contributed by atoms with Gasteiger partial charge in [0.25, 0.3) is 0 Å². The zero-order chi connectivity index (χ0) is 14.0. The van der Waals surface area contributed by atoms with E-state index < -0.39 is 18.0 Å². The Labute approximate surface area is 105 Å². The predicted molar refractivity (Wildman–Crippen MR) is 61.7 cm³/mol. The maximum atomic E-state index is 11.0. The number of amides is 1. The first-order valence-electron chi connectivity index (χ1n) is 5.33. The van der Waals surface area contributed by atoms with Gasteiger partial charge in [-0.3, -0.25) is 0 Å². The molecule has 7 heteroatoms. The number of hydrogen-bond acceptors (Lipinski definition) is 6. The van der Waals surface area contributed by atoms with E-state index in [1.807, 2.05) is 0 Å². The molecular weight excluding hydrogens is 242 g/mol. The molecule has 0 fully saturated rings. The van der Waals surface area contributed by atoms with Crippen molar-refractivity contribution in [3.63, 3.8) is 0 Å². The van der Waals surface area contributed by atoms with E-state index in [0.29, 0.717) is 0 Å². The lowest BCUT2D eigenvalue weighted by Crippen LogP contribution is -2.30. The summed E-state index contributed by atoms with van der Waals surface area (Å²) in [6.07, 6.45) is 1.10. The summed E-state index contributed by atoms with van der Waals surface area (Å²) in [6, 6.07) is 0. The number of alkyl carbamates (subject to hydrolysis) is 1. The van der Waals surface area contributed by atoms with Crippen LogP contribution < -0.4 is 5.32 Å². The zero-order valence-electron chi connectivity index (χ0n) is 10.6. The molecule has 7 nitrogen and oxygen atoms in total. The van der Waals surface area contributed by atoms with Crippen molar-refractivity contribution in [3.05, 3.63) is 12.2 Å². The Morgan fingerprint density at radius 2 is 1.78 bits per heavy atom. The highest BCUT2D eigenvalue weighted by Crippen LogP contribution is 1.88. The highest BCUT2D eigenvalue weighted by molar-refractivity contribution is 5.91. The average Bonchev–Trinajstić information content (AvgIpc) is 2.30. The standard InChI is InChI=1S/C11H17NO6/c1-8(2)18-11(15)12-6-7-17-10(14)5-4-9(13)16-3/h4-5,8H,6-7H2,1-3H3,(H,12,15)/b5-4+. The van der Waals surface area contributed by atoms with E-state index in [1.54, 1.807) is 13.8 Å². The van der Waals surface area contributed by atoms with Crippen LogP contribution in [0.4, 0.5) is 4.79 Å². The van der Waals surface area contributed by atoms with Gasteiger partial charge in [-0.05, 0) is 13.8 Å². The molecule has 0 saturated heterocycles. The molecule has 1 N–H and O–H groups in total. The average molecular weight is 259 g/mol. The molecule has 0 aromatic rings. The van der Waals surface area contributed by atoms with Crippen molar-refractivity contribution in [3.8, 4) is 0 Å². The van der Waals surface area contributed by atoms with Gasteiger partial charge >= 0.3 is 18.0 Å². The van der Waals surface area contributed by atoms with Crippen molar-refractivity contribution in [1.82, 2.24) is 5.32 Å². The van der Waals surface area contributed by atoms with E-state index in [0.717, 1.165) is 12.2 Å². The molecule has 18 heavy (non-hydrogen) atoms. The van der Waals surface area contributed by atoms with E-state index in [1.165, 1.54) is 7.11 Å².